The molecule has 0 fully saturated rings. The van der Waals surface area contributed by atoms with Crippen molar-refractivity contribution in [2.75, 3.05) is 5.73 Å². The molecule has 5 nitrogen and oxygen atoms in total. The molecular formula is C13H14N2O3. The quantitative estimate of drug-likeness (QED) is 0.641. The number of anilines is 1. The molecule has 5 heteroatoms. The number of aromatic hydroxyl groups is 1. The number of aromatic nitrogens is 1. The third-order valence-corrected chi connectivity index (χ3v) is 2.61. The van der Waals surface area contributed by atoms with E-state index in [1.165, 1.54) is 24.3 Å². The Morgan fingerprint density at radius 1 is 1.33 bits per heavy atom. The van der Waals surface area contributed by atoms with Crippen LogP contribution in [0.2, 0.25) is 0 Å². The van der Waals surface area contributed by atoms with Crippen molar-refractivity contribution < 1.29 is 14.6 Å². The van der Waals surface area contributed by atoms with Gasteiger partial charge in [-0.05, 0) is 37.3 Å². The molecule has 0 spiro atoms. The van der Waals surface area contributed by atoms with Gasteiger partial charge in [0.15, 0.2) is 0 Å². The molecule has 1 heterocycles. The second-order valence-corrected chi connectivity index (χ2v) is 3.78. The van der Waals surface area contributed by atoms with E-state index in [0.29, 0.717) is 23.7 Å². The smallest absolute Gasteiger partial charge is 0.347 e. The predicted molar refractivity (Wildman–Crippen MR) is 67.6 cm³/mol. The van der Waals surface area contributed by atoms with Gasteiger partial charge in [-0.15, -0.1) is 0 Å². The Bertz CT molecular complexity index is 558. The lowest BCUT2D eigenvalue weighted by Gasteiger charge is -2.05. The van der Waals surface area contributed by atoms with Crippen LogP contribution >= 0.6 is 0 Å². The van der Waals surface area contributed by atoms with E-state index in [1.807, 2.05) is 6.92 Å². The van der Waals surface area contributed by atoms with Gasteiger partial charge in [0, 0.05) is 12.7 Å². The topological polar surface area (TPSA) is 77.5 Å². The van der Waals surface area contributed by atoms with E-state index in [4.69, 9.17) is 15.6 Å². The predicted octanol–water partition coefficient (Wildman–Crippen LogP) is 2.01. The van der Waals surface area contributed by atoms with Gasteiger partial charge < -0.3 is 20.1 Å². The lowest BCUT2D eigenvalue weighted by Crippen LogP contribution is -2.11. The van der Waals surface area contributed by atoms with Crippen LogP contribution in [0, 0.1) is 0 Å². The van der Waals surface area contributed by atoms with Gasteiger partial charge >= 0.3 is 5.97 Å². The Morgan fingerprint density at radius 2 is 2.00 bits per heavy atom. The molecule has 0 saturated heterocycles. The number of phenols is 1. The number of hydrogen-bond acceptors (Lipinski definition) is 4. The molecule has 0 bridgehead atoms. The van der Waals surface area contributed by atoms with Crippen molar-refractivity contribution in [3.63, 3.8) is 0 Å². The maximum Gasteiger partial charge on any atom is 0.347 e. The maximum absolute atomic E-state index is 11.9. The summed E-state index contributed by atoms with van der Waals surface area (Å²) in [5, 5.41) is 9.12. The zero-order valence-corrected chi connectivity index (χ0v) is 9.96. The Morgan fingerprint density at radius 3 is 2.56 bits per heavy atom. The number of esters is 1. The first-order valence-corrected chi connectivity index (χ1v) is 5.57. The number of phenolic OH excluding ortho intramolecular Hbond substituents is 1. The minimum Gasteiger partial charge on any atom is -0.508 e. The summed E-state index contributed by atoms with van der Waals surface area (Å²) in [5.74, 6) is 0.361. The summed E-state index contributed by atoms with van der Waals surface area (Å²) in [6.45, 7) is 2.63. The van der Waals surface area contributed by atoms with Crippen LogP contribution in [-0.4, -0.2) is 15.6 Å². The molecule has 0 aliphatic rings. The number of ether oxygens (including phenoxy) is 1. The Balaban J connectivity index is 2.16. The zero-order valence-electron chi connectivity index (χ0n) is 9.96. The number of benzene rings is 1. The third-order valence-electron chi connectivity index (χ3n) is 2.61. The number of hydrogen-bond donors (Lipinski definition) is 2. The van der Waals surface area contributed by atoms with E-state index in [9.17, 15) is 4.79 Å². The molecule has 0 atom stereocenters. The van der Waals surface area contributed by atoms with Gasteiger partial charge in [0.1, 0.15) is 22.9 Å². The Hall–Kier alpha value is -2.43. The highest BCUT2D eigenvalue weighted by Gasteiger charge is 2.15. The molecule has 94 valence electrons. The lowest BCUT2D eigenvalue weighted by molar-refractivity contribution is 0.0736. The molecular weight excluding hydrogens is 232 g/mol. The van der Waals surface area contributed by atoms with Crippen LogP contribution in [0.25, 0.3) is 0 Å². The average molecular weight is 246 g/mol. The molecule has 0 amide bonds. The van der Waals surface area contributed by atoms with Crippen LogP contribution in [0.1, 0.15) is 17.3 Å². The number of carbonyl (C=O) groups is 1. The third kappa shape index (κ3) is 2.29. The summed E-state index contributed by atoms with van der Waals surface area (Å²) in [6.07, 6.45) is 1.74. The van der Waals surface area contributed by atoms with Gasteiger partial charge in [0.05, 0.1) is 0 Å². The molecule has 0 radical (unpaired) electrons. The van der Waals surface area contributed by atoms with E-state index >= 15 is 0 Å². The van der Waals surface area contributed by atoms with Gasteiger partial charge in [-0.25, -0.2) is 4.79 Å². The second kappa shape index (κ2) is 4.83. The van der Waals surface area contributed by atoms with Crippen molar-refractivity contribution in [2.45, 2.75) is 13.5 Å². The number of aryl methyl sites for hydroxylation is 1. The first-order chi connectivity index (χ1) is 8.61. The Kier molecular flexibility index (Phi) is 3.23. The first kappa shape index (κ1) is 12.0. The first-order valence-electron chi connectivity index (χ1n) is 5.57. The van der Waals surface area contributed by atoms with Crippen LogP contribution < -0.4 is 10.5 Å². The van der Waals surface area contributed by atoms with Gasteiger partial charge in [0.2, 0.25) is 0 Å². The van der Waals surface area contributed by atoms with Crippen LogP contribution in [-0.2, 0) is 6.54 Å². The van der Waals surface area contributed by atoms with Gasteiger partial charge in [-0.3, -0.25) is 0 Å². The highest BCUT2D eigenvalue weighted by Crippen LogP contribution is 2.20. The van der Waals surface area contributed by atoms with Crippen molar-refractivity contribution in [3.8, 4) is 11.5 Å². The second-order valence-electron chi connectivity index (χ2n) is 3.78. The van der Waals surface area contributed by atoms with Crippen LogP contribution in [0.15, 0.2) is 36.5 Å². The normalized spacial score (nSPS) is 10.3. The van der Waals surface area contributed by atoms with Crippen LogP contribution in [0.4, 0.5) is 5.82 Å². The molecule has 1 aromatic carbocycles. The summed E-state index contributed by atoms with van der Waals surface area (Å²) in [6, 6.07) is 7.55. The fourth-order valence-corrected chi connectivity index (χ4v) is 1.61. The molecule has 1 aromatic heterocycles. The van der Waals surface area contributed by atoms with E-state index < -0.39 is 5.97 Å². The molecule has 2 aromatic rings. The SMILES string of the molecule is CCn1ccc(C(=O)Oc2ccc(O)cc2)c1N. The maximum atomic E-state index is 11.9. The zero-order chi connectivity index (χ0) is 13.1. The highest BCUT2D eigenvalue weighted by molar-refractivity contribution is 5.95. The van der Waals surface area contributed by atoms with Crippen molar-refractivity contribution in [3.05, 3.63) is 42.1 Å². The molecule has 18 heavy (non-hydrogen) atoms. The number of nitrogens with two attached hydrogens (primary N) is 1. The molecule has 3 N–H and O–H groups in total. The van der Waals surface area contributed by atoms with Crippen molar-refractivity contribution in [1.29, 1.82) is 0 Å². The minimum atomic E-state index is -0.509. The molecule has 0 aliphatic carbocycles. The lowest BCUT2D eigenvalue weighted by atomic mass is 10.3. The molecule has 0 aliphatic heterocycles. The Labute approximate surface area is 104 Å². The fraction of sp³-hybridized carbons (Fsp3) is 0.154. The fourth-order valence-electron chi connectivity index (χ4n) is 1.61. The summed E-state index contributed by atoms with van der Waals surface area (Å²) in [5.41, 5.74) is 6.15. The number of rotatable bonds is 3. The van der Waals surface area contributed by atoms with Crippen LogP contribution in [0.3, 0.4) is 0 Å². The van der Waals surface area contributed by atoms with Crippen molar-refractivity contribution in [2.24, 2.45) is 0 Å². The summed E-state index contributed by atoms with van der Waals surface area (Å²) in [7, 11) is 0. The number of nitrogen functional groups attached to an aromatic ring is 1. The van der Waals surface area contributed by atoms with Crippen LogP contribution in [0.5, 0.6) is 11.5 Å². The molecule has 0 unspecified atom stereocenters. The monoisotopic (exact) mass is 246 g/mol. The highest BCUT2D eigenvalue weighted by atomic mass is 16.5. The van der Waals surface area contributed by atoms with E-state index in [0.717, 1.165) is 0 Å². The van der Waals surface area contributed by atoms with Crippen molar-refractivity contribution >= 4 is 11.8 Å². The van der Waals surface area contributed by atoms with Gasteiger partial charge in [0.25, 0.3) is 0 Å². The van der Waals surface area contributed by atoms with E-state index in [-0.39, 0.29) is 5.75 Å². The largest absolute Gasteiger partial charge is 0.508 e. The average Bonchev–Trinajstić information content (AvgIpc) is 2.73. The van der Waals surface area contributed by atoms with E-state index in [1.54, 1.807) is 16.8 Å². The van der Waals surface area contributed by atoms with Crippen molar-refractivity contribution in [1.82, 2.24) is 4.57 Å². The standard InChI is InChI=1S/C13H14N2O3/c1-2-15-8-7-11(12(15)14)13(17)18-10-5-3-9(16)4-6-10/h3-8,16H,2,14H2,1H3. The van der Waals surface area contributed by atoms with E-state index in [2.05, 4.69) is 0 Å². The van der Waals surface area contributed by atoms with Gasteiger partial charge in [-0.1, -0.05) is 0 Å². The molecule has 2 rings (SSSR count). The molecule has 0 saturated carbocycles. The summed E-state index contributed by atoms with van der Waals surface area (Å²) in [4.78, 5) is 11.9. The minimum absolute atomic E-state index is 0.117. The number of carbonyl (C=O) groups excluding carboxylic acids is 1. The van der Waals surface area contributed by atoms with Gasteiger partial charge in [-0.2, -0.15) is 0 Å². The number of nitrogens with zero attached hydrogens (tertiary/aromatic N) is 1. The summed E-state index contributed by atoms with van der Waals surface area (Å²) >= 11 is 0. The summed E-state index contributed by atoms with van der Waals surface area (Å²) < 4.78 is 6.91.